The van der Waals surface area contributed by atoms with E-state index in [0.717, 1.165) is 38.5 Å². The second kappa shape index (κ2) is 6.34. The molecule has 2 fully saturated rings. The van der Waals surface area contributed by atoms with Crippen LogP contribution in [0.4, 0.5) is 5.82 Å². The van der Waals surface area contributed by atoms with E-state index in [2.05, 4.69) is 24.3 Å². The standard InChI is InChI=1S/C17H25N3O3/c1-3-12(4-2)20-14(7-10-18-20)19-16(22)13-11-15(21)23-17(13)8-5-6-9-17/h7,10,12-13H,3-6,8-9,11H2,1-2H3,(H,19,22). The zero-order valence-corrected chi connectivity index (χ0v) is 13.9. The van der Waals surface area contributed by atoms with Gasteiger partial charge in [-0.3, -0.25) is 9.59 Å². The van der Waals surface area contributed by atoms with E-state index < -0.39 is 5.60 Å². The first kappa shape index (κ1) is 16.0. The second-order valence-electron chi connectivity index (χ2n) is 6.62. The summed E-state index contributed by atoms with van der Waals surface area (Å²) in [6, 6.07) is 2.08. The molecule has 6 heteroatoms. The van der Waals surface area contributed by atoms with Crippen molar-refractivity contribution in [1.29, 1.82) is 0 Å². The number of amides is 1. The van der Waals surface area contributed by atoms with Crippen LogP contribution in [0.5, 0.6) is 0 Å². The van der Waals surface area contributed by atoms with E-state index in [4.69, 9.17) is 4.74 Å². The number of hydrogen-bond acceptors (Lipinski definition) is 4. The lowest BCUT2D eigenvalue weighted by Gasteiger charge is -2.28. The number of ether oxygens (including phenoxy) is 1. The third kappa shape index (κ3) is 2.86. The van der Waals surface area contributed by atoms with Crippen molar-refractivity contribution in [2.75, 3.05) is 5.32 Å². The van der Waals surface area contributed by atoms with Gasteiger partial charge in [-0.05, 0) is 38.5 Å². The van der Waals surface area contributed by atoms with Gasteiger partial charge < -0.3 is 10.1 Å². The number of esters is 1. The van der Waals surface area contributed by atoms with Crippen LogP contribution in [-0.4, -0.2) is 27.3 Å². The van der Waals surface area contributed by atoms with E-state index in [0.29, 0.717) is 5.82 Å². The van der Waals surface area contributed by atoms with Gasteiger partial charge in [-0.25, -0.2) is 4.68 Å². The molecule has 2 aliphatic rings. The molecule has 126 valence electrons. The Kier molecular flexibility index (Phi) is 4.41. The molecule has 3 rings (SSSR count). The number of carbonyl (C=O) groups excluding carboxylic acids is 2. The van der Waals surface area contributed by atoms with E-state index in [1.165, 1.54) is 0 Å². The highest BCUT2D eigenvalue weighted by Gasteiger charge is 2.54. The minimum Gasteiger partial charge on any atom is -0.458 e. The van der Waals surface area contributed by atoms with Crippen molar-refractivity contribution >= 4 is 17.7 Å². The molecule has 1 spiro atoms. The Labute approximate surface area is 136 Å². The van der Waals surface area contributed by atoms with Crippen molar-refractivity contribution < 1.29 is 14.3 Å². The lowest BCUT2D eigenvalue weighted by Crippen LogP contribution is -2.40. The molecule has 1 aromatic rings. The Morgan fingerprint density at radius 1 is 1.43 bits per heavy atom. The van der Waals surface area contributed by atoms with Crippen LogP contribution in [0.15, 0.2) is 12.3 Å². The molecular weight excluding hydrogens is 294 g/mol. The van der Waals surface area contributed by atoms with Crippen LogP contribution >= 0.6 is 0 Å². The zero-order valence-electron chi connectivity index (χ0n) is 13.9. The van der Waals surface area contributed by atoms with E-state index in [1.54, 1.807) is 6.20 Å². The van der Waals surface area contributed by atoms with Gasteiger partial charge in [-0.2, -0.15) is 5.10 Å². The topological polar surface area (TPSA) is 73.2 Å². The highest BCUT2D eigenvalue weighted by Crippen LogP contribution is 2.45. The lowest BCUT2D eigenvalue weighted by molar-refractivity contribution is -0.149. The maximum Gasteiger partial charge on any atom is 0.307 e. The molecular formula is C17H25N3O3. The number of aromatic nitrogens is 2. The van der Waals surface area contributed by atoms with Gasteiger partial charge in [0.1, 0.15) is 11.4 Å². The van der Waals surface area contributed by atoms with Crippen molar-refractivity contribution in [2.24, 2.45) is 5.92 Å². The molecule has 0 bridgehead atoms. The average Bonchev–Trinajstić information content (AvgIpc) is 3.24. The average molecular weight is 319 g/mol. The summed E-state index contributed by atoms with van der Waals surface area (Å²) in [5, 5.41) is 7.33. The number of nitrogens with zero attached hydrogens (tertiary/aromatic N) is 2. The SMILES string of the molecule is CCC(CC)n1nccc1NC(=O)C1CC(=O)OC12CCCC2. The van der Waals surface area contributed by atoms with Gasteiger partial charge in [0.15, 0.2) is 0 Å². The number of carbonyl (C=O) groups is 2. The third-order valence-electron chi connectivity index (χ3n) is 5.30. The fourth-order valence-electron chi connectivity index (χ4n) is 4.00. The van der Waals surface area contributed by atoms with Gasteiger partial charge in [-0.15, -0.1) is 0 Å². The lowest BCUT2D eigenvalue weighted by atomic mass is 9.85. The quantitative estimate of drug-likeness (QED) is 0.847. The molecule has 1 saturated carbocycles. The summed E-state index contributed by atoms with van der Waals surface area (Å²) >= 11 is 0. The summed E-state index contributed by atoms with van der Waals surface area (Å²) in [7, 11) is 0. The molecule has 1 atom stereocenters. The van der Waals surface area contributed by atoms with E-state index in [-0.39, 0.29) is 30.3 Å². The van der Waals surface area contributed by atoms with E-state index >= 15 is 0 Å². The molecule has 0 radical (unpaired) electrons. The van der Waals surface area contributed by atoms with Crippen LogP contribution in [-0.2, 0) is 14.3 Å². The first-order valence-corrected chi connectivity index (χ1v) is 8.66. The normalized spacial score (nSPS) is 22.7. The van der Waals surface area contributed by atoms with Gasteiger partial charge in [0.2, 0.25) is 5.91 Å². The third-order valence-corrected chi connectivity index (χ3v) is 5.30. The summed E-state index contributed by atoms with van der Waals surface area (Å²) in [6.07, 6.45) is 7.42. The van der Waals surface area contributed by atoms with Crippen LogP contribution in [0.25, 0.3) is 0 Å². The molecule has 1 aromatic heterocycles. The summed E-state index contributed by atoms with van der Waals surface area (Å²) < 4.78 is 7.43. The van der Waals surface area contributed by atoms with Gasteiger partial charge in [0.25, 0.3) is 0 Å². The van der Waals surface area contributed by atoms with Crippen LogP contribution in [0.3, 0.4) is 0 Å². The van der Waals surface area contributed by atoms with Crippen LogP contribution in [0.1, 0.15) is 64.8 Å². The largest absolute Gasteiger partial charge is 0.458 e. The van der Waals surface area contributed by atoms with Gasteiger partial charge >= 0.3 is 5.97 Å². The van der Waals surface area contributed by atoms with Crippen LogP contribution < -0.4 is 5.32 Å². The smallest absolute Gasteiger partial charge is 0.307 e. The molecule has 0 aromatic carbocycles. The molecule has 2 heterocycles. The van der Waals surface area contributed by atoms with Crippen molar-refractivity contribution in [3.63, 3.8) is 0 Å². The number of hydrogen-bond donors (Lipinski definition) is 1. The Bertz CT molecular complexity index is 586. The highest BCUT2D eigenvalue weighted by atomic mass is 16.6. The van der Waals surface area contributed by atoms with E-state index in [9.17, 15) is 9.59 Å². The molecule has 23 heavy (non-hydrogen) atoms. The Hall–Kier alpha value is -1.85. The summed E-state index contributed by atoms with van der Waals surface area (Å²) in [6.45, 7) is 4.22. The molecule has 1 amide bonds. The number of rotatable bonds is 5. The summed E-state index contributed by atoms with van der Waals surface area (Å²) in [5.74, 6) is -0.0512. The molecule has 6 nitrogen and oxygen atoms in total. The van der Waals surface area contributed by atoms with Crippen molar-refractivity contribution in [3.05, 3.63) is 12.3 Å². The Morgan fingerprint density at radius 2 is 2.13 bits per heavy atom. The first-order valence-electron chi connectivity index (χ1n) is 8.66. The zero-order chi connectivity index (χ0) is 16.4. The molecule has 1 unspecified atom stereocenters. The van der Waals surface area contributed by atoms with Gasteiger partial charge in [0.05, 0.1) is 24.6 Å². The second-order valence-corrected chi connectivity index (χ2v) is 6.62. The van der Waals surface area contributed by atoms with Crippen molar-refractivity contribution in [3.8, 4) is 0 Å². The Balaban J connectivity index is 1.77. The van der Waals surface area contributed by atoms with Crippen LogP contribution in [0.2, 0.25) is 0 Å². The monoisotopic (exact) mass is 319 g/mol. The minimum absolute atomic E-state index is 0.120. The predicted octanol–water partition coefficient (Wildman–Crippen LogP) is 3.06. The fraction of sp³-hybridized carbons (Fsp3) is 0.706. The number of anilines is 1. The minimum atomic E-state index is -0.569. The maximum atomic E-state index is 12.8. The predicted molar refractivity (Wildman–Crippen MR) is 85.9 cm³/mol. The highest BCUT2D eigenvalue weighted by molar-refractivity contribution is 5.96. The Morgan fingerprint density at radius 3 is 2.78 bits per heavy atom. The molecule has 1 aliphatic heterocycles. The maximum absolute atomic E-state index is 12.8. The first-order chi connectivity index (χ1) is 11.1. The van der Waals surface area contributed by atoms with Crippen molar-refractivity contribution in [2.45, 2.75) is 70.4 Å². The van der Waals surface area contributed by atoms with Gasteiger partial charge in [0, 0.05) is 6.07 Å². The van der Waals surface area contributed by atoms with E-state index in [1.807, 2.05) is 10.7 Å². The molecule has 1 saturated heterocycles. The fourth-order valence-corrected chi connectivity index (χ4v) is 4.00. The summed E-state index contributed by atoms with van der Waals surface area (Å²) in [4.78, 5) is 24.6. The summed E-state index contributed by atoms with van der Waals surface area (Å²) in [5.41, 5.74) is -0.569. The van der Waals surface area contributed by atoms with Crippen LogP contribution in [0, 0.1) is 5.92 Å². The molecule has 1 aliphatic carbocycles. The molecule has 1 N–H and O–H groups in total. The number of nitrogens with one attached hydrogen (secondary N) is 1. The van der Waals surface area contributed by atoms with Crippen molar-refractivity contribution in [1.82, 2.24) is 9.78 Å². The van der Waals surface area contributed by atoms with Gasteiger partial charge in [-0.1, -0.05) is 13.8 Å².